The molecule has 0 aromatic heterocycles. The van der Waals surface area contributed by atoms with Crippen LogP contribution in [0.25, 0.3) is 0 Å². The van der Waals surface area contributed by atoms with Crippen molar-refractivity contribution in [2.45, 2.75) is 45.1 Å². The van der Waals surface area contributed by atoms with E-state index in [0.29, 0.717) is 0 Å². The minimum atomic E-state index is -0.457. The van der Waals surface area contributed by atoms with Gasteiger partial charge in [0.05, 0.1) is 6.04 Å². The number of amides is 1. The smallest absolute Gasteiger partial charge is 0.243 e. The number of carbonyl (C=O) groups is 1. The van der Waals surface area contributed by atoms with E-state index < -0.39 is 6.04 Å². The highest BCUT2D eigenvalue weighted by atomic mass is 79.9. The third kappa shape index (κ3) is 2.74. The summed E-state index contributed by atoms with van der Waals surface area (Å²) < 4.78 is 1.06. The van der Waals surface area contributed by atoms with Crippen LogP contribution in [-0.4, -0.2) is 18.5 Å². The molecule has 1 atom stereocenters. The molecule has 0 unspecified atom stereocenters. The van der Waals surface area contributed by atoms with Crippen LogP contribution in [0.3, 0.4) is 0 Å². The van der Waals surface area contributed by atoms with Crippen molar-refractivity contribution in [3.63, 3.8) is 0 Å². The van der Waals surface area contributed by atoms with Gasteiger partial charge in [-0.15, -0.1) is 12.4 Å². The van der Waals surface area contributed by atoms with Gasteiger partial charge >= 0.3 is 0 Å². The van der Waals surface area contributed by atoms with Crippen molar-refractivity contribution < 1.29 is 4.79 Å². The molecule has 0 saturated heterocycles. The van der Waals surface area contributed by atoms with Gasteiger partial charge in [-0.3, -0.25) is 4.79 Å². The lowest BCUT2D eigenvalue weighted by Gasteiger charge is -2.28. The van der Waals surface area contributed by atoms with Gasteiger partial charge < -0.3 is 10.6 Å². The SMILES string of the molecule is CCC1(CC)CN(C(=O)[C@@H](C)N)c2ccc(Br)cc21.Cl. The standard InChI is InChI=1S/C15H21BrN2O.ClH/c1-4-15(5-2)9-18(14(19)10(3)17)13-7-6-11(16)8-12(13)15;/h6-8,10H,4-5,9,17H2,1-3H3;1H/t10-;/m1./s1. The van der Waals surface area contributed by atoms with Crippen LogP contribution in [0.4, 0.5) is 5.69 Å². The first kappa shape index (κ1) is 17.5. The van der Waals surface area contributed by atoms with Gasteiger partial charge in [0.1, 0.15) is 0 Å². The molecule has 0 aliphatic carbocycles. The first-order chi connectivity index (χ1) is 8.95. The maximum absolute atomic E-state index is 12.3. The second kappa shape index (κ2) is 6.46. The summed E-state index contributed by atoms with van der Waals surface area (Å²) in [5, 5.41) is 0. The summed E-state index contributed by atoms with van der Waals surface area (Å²) >= 11 is 3.53. The molecule has 1 aliphatic rings. The Hall–Kier alpha value is -0.580. The summed E-state index contributed by atoms with van der Waals surface area (Å²) in [6.45, 7) is 6.87. The number of rotatable bonds is 3. The Labute approximate surface area is 135 Å². The average Bonchev–Trinajstić information content (AvgIpc) is 2.72. The van der Waals surface area contributed by atoms with E-state index in [1.165, 1.54) is 5.56 Å². The highest BCUT2D eigenvalue weighted by Gasteiger charge is 2.42. The average molecular weight is 362 g/mol. The molecule has 1 aromatic carbocycles. The van der Waals surface area contributed by atoms with Gasteiger partial charge in [0.2, 0.25) is 5.91 Å². The number of carbonyl (C=O) groups excluding carboxylic acids is 1. The maximum Gasteiger partial charge on any atom is 0.243 e. The zero-order chi connectivity index (χ0) is 14.2. The maximum atomic E-state index is 12.3. The van der Waals surface area contributed by atoms with Gasteiger partial charge in [0, 0.05) is 22.1 Å². The summed E-state index contributed by atoms with van der Waals surface area (Å²) in [6, 6.07) is 5.70. The predicted octanol–water partition coefficient (Wildman–Crippen LogP) is 3.62. The van der Waals surface area contributed by atoms with Gasteiger partial charge in [-0.05, 0) is 43.5 Å². The fourth-order valence-corrected chi connectivity index (χ4v) is 3.30. The molecule has 2 N–H and O–H groups in total. The fraction of sp³-hybridized carbons (Fsp3) is 0.533. The summed E-state index contributed by atoms with van der Waals surface area (Å²) in [4.78, 5) is 14.2. The van der Waals surface area contributed by atoms with Gasteiger partial charge in [-0.25, -0.2) is 0 Å². The molecule has 1 heterocycles. The lowest BCUT2D eigenvalue weighted by molar-refractivity contribution is -0.119. The molecule has 112 valence electrons. The zero-order valence-electron chi connectivity index (χ0n) is 12.1. The second-order valence-corrected chi connectivity index (χ2v) is 6.28. The number of nitrogens with zero attached hydrogens (tertiary/aromatic N) is 1. The number of anilines is 1. The number of fused-ring (bicyclic) bond motifs is 1. The number of nitrogens with two attached hydrogens (primary N) is 1. The molecule has 0 fully saturated rings. The number of halogens is 2. The minimum absolute atomic E-state index is 0. The predicted molar refractivity (Wildman–Crippen MR) is 89.7 cm³/mol. The molecule has 5 heteroatoms. The normalized spacial score (nSPS) is 17.4. The van der Waals surface area contributed by atoms with Crippen molar-refractivity contribution >= 4 is 39.9 Å². The third-order valence-electron chi connectivity index (χ3n) is 4.29. The van der Waals surface area contributed by atoms with E-state index in [1.54, 1.807) is 6.92 Å². The minimum Gasteiger partial charge on any atom is -0.320 e. The Morgan fingerprint density at radius 2 is 2.05 bits per heavy atom. The molecular formula is C15H22BrClN2O. The van der Waals surface area contributed by atoms with E-state index in [4.69, 9.17) is 5.73 Å². The lowest BCUT2D eigenvalue weighted by atomic mass is 9.78. The molecule has 20 heavy (non-hydrogen) atoms. The quantitative estimate of drug-likeness (QED) is 0.893. The monoisotopic (exact) mass is 360 g/mol. The van der Waals surface area contributed by atoms with E-state index >= 15 is 0 Å². The third-order valence-corrected chi connectivity index (χ3v) is 4.78. The van der Waals surface area contributed by atoms with E-state index in [9.17, 15) is 4.79 Å². The Balaban J connectivity index is 0.00000200. The Morgan fingerprint density at radius 1 is 1.45 bits per heavy atom. The number of hydrogen-bond donors (Lipinski definition) is 1. The van der Waals surface area contributed by atoms with Crippen LogP contribution in [0.5, 0.6) is 0 Å². The largest absolute Gasteiger partial charge is 0.320 e. The van der Waals surface area contributed by atoms with Crippen LogP contribution in [0, 0.1) is 0 Å². The molecule has 0 bridgehead atoms. The van der Waals surface area contributed by atoms with Crippen LogP contribution >= 0.6 is 28.3 Å². The van der Waals surface area contributed by atoms with E-state index in [0.717, 1.165) is 29.5 Å². The lowest BCUT2D eigenvalue weighted by Crippen LogP contribution is -2.44. The number of benzene rings is 1. The van der Waals surface area contributed by atoms with Gasteiger partial charge in [-0.1, -0.05) is 29.8 Å². The molecular weight excluding hydrogens is 340 g/mol. The molecule has 0 radical (unpaired) electrons. The Kier molecular flexibility index (Phi) is 5.64. The summed E-state index contributed by atoms with van der Waals surface area (Å²) in [5.74, 6) is 0.00680. The zero-order valence-corrected chi connectivity index (χ0v) is 14.6. The Bertz CT molecular complexity index is 501. The van der Waals surface area contributed by atoms with E-state index in [1.807, 2.05) is 17.0 Å². The van der Waals surface area contributed by atoms with Crippen molar-refractivity contribution in [3.8, 4) is 0 Å². The number of hydrogen-bond acceptors (Lipinski definition) is 2. The molecule has 1 amide bonds. The van der Waals surface area contributed by atoms with Crippen molar-refractivity contribution in [1.29, 1.82) is 0 Å². The van der Waals surface area contributed by atoms with Crippen molar-refractivity contribution in [3.05, 3.63) is 28.2 Å². The second-order valence-electron chi connectivity index (χ2n) is 5.36. The van der Waals surface area contributed by atoms with Crippen LogP contribution in [-0.2, 0) is 10.2 Å². The van der Waals surface area contributed by atoms with Gasteiger partial charge in [0.25, 0.3) is 0 Å². The molecule has 0 saturated carbocycles. The fourth-order valence-electron chi connectivity index (χ4n) is 2.94. The molecule has 2 rings (SSSR count). The highest BCUT2D eigenvalue weighted by Crippen LogP contribution is 2.46. The van der Waals surface area contributed by atoms with Crippen LogP contribution in [0.2, 0.25) is 0 Å². The van der Waals surface area contributed by atoms with Crippen LogP contribution in [0.15, 0.2) is 22.7 Å². The van der Waals surface area contributed by atoms with Crippen LogP contribution in [0.1, 0.15) is 39.2 Å². The van der Waals surface area contributed by atoms with Crippen molar-refractivity contribution in [2.75, 3.05) is 11.4 Å². The van der Waals surface area contributed by atoms with E-state index in [-0.39, 0.29) is 23.7 Å². The molecule has 0 spiro atoms. The molecule has 3 nitrogen and oxygen atoms in total. The van der Waals surface area contributed by atoms with Crippen molar-refractivity contribution in [1.82, 2.24) is 0 Å². The first-order valence-electron chi connectivity index (χ1n) is 6.82. The summed E-state index contributed by atoms with van der Waals surface area (Å²) in [5.41, 5.74) is 8.12. The van der Waals surface area contributed by atoms with Gasteiger partial charge in [-0.2, -0.15) is 0 Å². The molecule has 1 aliphatic heterocycles. The van der Waals surface area contributed by atoms with E-state index in [2.05, 4.69) is 35.8 Å². The topological polar surface area (TPSA) is 46.3 Å². The Morgan fingerprint density at radius 3 is 2.55 bits per heavy atom. The molecule has 1 aromatic rings. The van der Waals surface area contributed by atoms with Gasteiger partial charge in [0.15, 0.2) is 0 Å². The highest BCUT2D eigenvalue weighted by molar-refractivity contribution is 9.10. The first-order valence-corrected chi connectivity index (χ1v) is 7.61. The summed E-state index contributed by atoms with van der Waals surface area (Å²) in [7, 11) is 0. The van der Waals surface area contributed by atoms with Crippen LogP contribution < -0.4 is 10.6 Å². The summed E-state index contributed by atoms with van der Waals surface area (Å²) in [6.07, 6.45) is 2.05. The van der Waals surface area contributed by atoms with Crippen molar-refractivity contribution in [2.24, 2.45) is 5.73 Å².